The molecule has 2 rings (SSSR count). The first-order valence-corrected chi connectivity index (χ1v) is 10.8. The van der Waals surface area contributed by atoms with Crippen LogP contribution in [-0.4, -0.2) is 76.0 Å². The molecular formula is C23H40IN5O. The average Bonchev–Trinajstić information content (AvgIpc) is 2.72. The molecule has 7 heteroatoms. The number of rotatable bonds is 8. The van der Waals surface area contributed by atoms with Gasteiger partial charge in [-0.2, -0.15) is 0 Å². The number of hydrogen-bond acceptors (Lipinski definition) is 3. The molecular weight excluding hydrogens is 489 g/mol. The fourth-order valence-corrected chi connectivity index (χ4v) is 4.15. The lowest BCUT2D eigenvalue weighted by atomic mass is 9.83. The zero-order chi connectivity index (χ0) is 21.2. The quantitative estimate of drug-likeness (QED) is 0.309. The fraction of sp³-hybridized carbons (Fsp3) is 0.652. The van der Waals surface area contributed by atoms with Crippen molar-refractivity contribution in [2.45, 2.75) is 44.6 Å². The third-order valence-corrected chi connectivity index (χ3v) is 5.85. The standard InChI is InChI=1S/C23H39N5O.HI/c1-24-23(26-17-21(27(2)3)19-11-7-6-8-12-19)25-15-14-18-10-9-13-20(16-18)22(29)28(4)5;/h9-10,13,16,19,21H,6-8,11-12,14-15,17H2,1-5H3,(H2,24,25,26);1H. The molecule has 1 unspecified atom stereocenters. The smallest absolute Gasteiger partial charge is 0.253 e. The molecule has 170 valence electrons. The van der Waals surface area contributed by atoms with E-state index >= 15 is 0 Å². The minimum absolute atomic E-state index is 0. The summed E-state index contributed by atoms with van der Waals surface area (Å²) in [6.45, 7) is 1.68. The topological polar surface area (TPSA) is 60.0 Å². The number of carbonyl (C=O) groups excluding carboxylic acids is 1. The molecule has 0 aliphatic heterocycles. The Bertz CT molecular complexity index is 671. The Hall–Kier alpha value is -1.35. The minimum Gasteiger partial charge on any atom is -0.356 e. The second-order valence-corrected chi connectivity index (χ2v) is 8.46. The maximum atomic E-state index is 12.1. The van der Waals surface area contributed by atoms with Crippen LogP contribution in [0.1, 0.15) is 48.0 Å². The number of carbonyl (C=O) groups is 1. The van der Waals surface area contributed by atoms with Gasteiger partial charge in [0.2, 0.25) is 0 Å². The zero-order valence-corrected chi connectivity index (χ0v) is 21.6. The van der Waals surface area contributed by atoms with E-state index in [0.29, 0.717) is 6.04 Å². The molecule has 30 heavy (non-hydrogen) atoms. The summed E-state index contributed by atoms with van der Waals surface area (Å²) in [4.78, 5) is 20.5. The van der Waals surface area contributed by atoms with Gasteiger partial charge in [-0.1, -0.05) is 31.4 Å². The van der Waals surface area contributed by atoms with Crippen LogP contribution >= 0.6 is 24.0 Å². The molecule has 0 spiro atoms. The number of guanidine groups is 1. The third kappa shape index (κ3) is 8.41. The molecule has 6 nitrogen and oxygen atoms in total. The van der Waals surface area contributed by atoms with E-state index in [9.17, 15) is 4.79 Å². The lowest BCUT2D eigenvalue weighted by Crippen LogP contribution is -2.48. The van der Waals surface area contributed by atoms with Crippen molar-refractivity contribution in [1.82, 2.24) is 20.4 Å². The SMILES string of the molecule is CN=C(NCCc1cccc(C(=O)N(C)C)c1)NCC(C1CCCCC1)N(C)C.I. The Morgan fingerprint density at radius 3 is 2.43 bits per heavy atom. The minimum atomic E-state index is 0. The predicted octanol–water partition coefficient (Wildman–Crippen LogP) is 3.22. The summed E-state index contributed by atoms with van der Waals surface area (Å²) < 4.78 is 0. The van der Waals surface area contributed by atoms with Crippen molar-refractivity contribution in [3.05, 3.63) is 35.4 Å². The van der Waals surface area contributed by atoms with Crippen LogP contribution in [0.5, 0.6) is 0 Å². The Morgan fingerprint density at radius 1 is 1.13 bits per heavy atom. The van der Waals surface area contributed by atoms with Crippen LogP contribution in [0, 0.1) is 5.92 Å². The van der Waals surface area contributed by atoms with Gasteiger partial charge in [-0.15, -0.1) is 24.0 Å². The van der Waals surface area contributed by atoms with E-state index in [1.165, 1.54) is 32.1 Å². The summed E-state index contributed by atoms with van der Waals surface area (Å²) in [7, 11) is 9.73. The predicted molar refractivity (Wildman–Crippen MR) is 137 cm³/mol. The monoisotopic (exact) mass is 529 g/mol. The van der Waals surface area contributed by atoms with Crippen LogP contribution in [0.4, 0.5) is 0 Å². The highest BCUT2D eigenvalue weighted by Gasteiger charge is 2.25. The molecule has 1 aliphatic rings. The van der Waals surface area contributed by atoms with E-state index in [0.717, 1.165) is 42.5 Å². The summed E-state index contributed by atoms with van der Waals surface area (Å²) in [5, 5.41) is 6.93. The highest BCUT2D eigenvalue weighted by Crippen LogP contribution is 2.28. The summed E-state index contributed by atoms with van der Waals surface area (Å²) >= 11 is 0. The molecule has 0 aromatic heterocycles. The summed E-state index contributed by atoms with van der Waals surface area (Å²) in [5.41, 5.74) is 1.88. The summed E-state index contributed by atoms with van der Waals surface area (Å²) in [6.07, 6.45) is 7.61. The second kappa shape index (κ2) is 13.9. The van der Waals surface area contributed by atoms with Crippen LogP contribution in [0.15, 0.2) is 29.3 Å². The zero-order valence-electron chi connectivity index (χ0n) is 19.3. The maximum Gasteiger partial charge on any atom is 0.253 e. The number of aliphatic imine (C=N–C) groups is 1. The van der Waals surface area contributed by atoms with Gasteiger partial charge in [-0.3, -0.25) is 9.79 Å². The molecule has 1 aromatic rings. The van der Waals surface area contributed by atoms with E-state index in [2.05, 4.69) is 40.7 Å². The Balaban J connectivity index is 0.00000450. The van der Waals surface area contributed by atoms with Gasteiger partial charge in [0.15, 0.2) is 5.96 Å². The Labute approximate surface area is 199 Å². The Kier molecular flexibility index (Phi) is 12.3. The first kappa shape index (κ1) is 26.7. The van der Waals surface area contributed by atoms with E-state index in [1.54, 1.807) is 19.0 Å². The largest absolute Gasteiger partial charge is 0.356 e. The first-order chi connectivity index (χ1) is 13.9. The lowest BCUT2D eigenvalue weighted by molar-refractivity contribution is 0.0827. The fourth-order valence-electron chi connectivity index (χ4n) is 4.15. The number of amides is 1. The van der Waals surface area contributed by atoms with Crippen molar-refractivity contribution in [3.63, 3.8) is 0 Å². The number of halogens is 1. The average molecular weight is 530 g/mol. The first-order valence-electron chi connectivity index (χ1n) is 10.8. The van der Waals surface area contributed by atoms with E-state index in [-0.39, 0.29) is 29.9 Å². The number of likely N-dealkylation sites (N-methyl/N-ethyl adjacent to an activating group) is 1. The Morgan fingerprint density at radius 2 is 1.83 bits per heavy atom. The highest BCUT2D eigenvalue weighted by molar-refractivity contribution is 14.0. The van der Waals surface area contributed by atoms with Crippen LogP contribution in [-0.2, 0) is 6.42 Å². The van der Waals surface area contributed by atoms with Crippen LogP contribution < -0.4 is 10.6 Å². The number of benzene rings is 1. The molecule has 1 saturated carbocycles. The molecule has 0 bridgehead atoms. The maximum absolute atomic E-state index is 12.1. The normalized spacial score (nSPS) is 16.0. The second-order valence-electron chi connectivity index (χ2n) is 8.46. The van der Waals surface area contributed by atoms with Crippen molar-refractivity contribution in [3.8, 4) is 0 Å². The molecule has 0 heterocycles. The van der Waals surface area contributed by atoms with Crippen molar-refractivity contribution in [1.29, 1.82) is 0 Å². The van der Waals surface area contributed by atoms with Gasteiger partial charge in [0.05, 0.1) is 0 Å². The molecule has 1 aliphatic carbocycles. The van der Waals surface area contributed by atoms with Gasteiger partial charge in [0.25, 0.3) is 5.91 Å². The van der Waals surface area contributed by atoms with Crippen molar-refractivity contribution in [2.24, 2.45) is 10.9 Å². The molecule has 0 radical (unpaired) electrons. The van der Waals surface area contributed by atoms with Crippen LogP contribution in [0.2, 0.25) is 0 Å². The number of nitrogens with one attached hydrogen (secondary N) is 2. The number of nitrogens with zero attached hydrogens (tertiary/aromatic N) is 3. The van der Waals surface area contributed by atoms with Crippen molar-refractivity contribution >= 4 is 35.8 Å². The van der Waals surface area contributed by atoms with Gasteiger partial charge in [0.1, 0.15) is 0 Å². The van der Waals surface area contributed by atoms with E-state index in [1.807, 2.05) is 25.2 Å². The van der Waals surface area contributed by atoms with Gasteiger partial charge >= 0.3 is 0 Å². The van der Waals surface area contributed by atoms with Crippen molar-refractivity contribution in [2.75, 3.05) is 48.3 Å². The van der Waals surface area contributed by atoms with E-state index in [4.69, 9.17) is 0 Å². The highest BCUT2D eigenvalue weighted by atomic mass is 127. The molecule has 2 N–H and O–H groups in total. The third-order valence-electron chi connectivity index (χ3n) is 5.85. The summed E-state index contributed by atoms with van der Waals surface area (Å²) in [6, 6.07) is 8.39. The van der Waals surface area contributed by atoms with Gasteiger partial charge in [-0.05, 0) is 57.0 Å². The summed E-state index contributed by atoms with van der Waals surface area (Å²) in [5.74, 6) is 1.64. The van der Waals surface area contributed by atoms with Gasteiger partial charge < -0.3 is 20.4 Å². The molecule has 1 amide bonds. The van der Waals surface area contributed by atoms with Gasteiger partial charge in [0, 0.05) is 45.8 Å². The van der Waals surface area contributed by atoms with E-state index < -0.39 is 0 Å². The van der Waals surface area contributed by atoms with Crippen LogP contribution in [0.25, 0.3) is 0 Å². The lowest BCUT2D eigenvalue weighted by Gasteiger charge is -2.35. The molecule has 0 saturated heterocycles. The molecule has 1 aromatic carbocycles. The molecule has 1 fully saturated rings. The molecule has 1 atom stereocenters. The van der Waals surface area contributed by atoms with Gasteiger partial charge in [-0.25, -0.2) is 0 Å². The van der Waals surface area contributed by atoms with Crippen LogP contribution in [0.3, 0.4) is 0 Å². The number of hydrogen-bond donors (Lipinski definition) is 2. The van der Waals surface area contributed by atoms with Crippen molar-refractivity contribution < 1.29 is 4.79 Å².